The van der Waals surface area contributed by atoms with E-state index in [1.54, 1.807) is 0 Å². The van der Waals surface area contributed by atoms with Crippen molar-refractivity contribution in [1.29, 1.82) is 0 Å². The van der Waals surface area contributed by atoms with Crippen LogP contribution in [0.1, 0.15) is 13.3 Å². The van der Waals surface area contributed by atoms with Gasteiger partial charge in [0.25, 0.3) is 0 Å². The predicted octanol–water partition coefficient (Wildman–Crippen LogP) is 2.46. The topological polar surface area (TPSA) is 0 Å². The fourth-order valence-electron chi connectivity index (χ4n) is 0.134. The monoisotopic (exact) mass is 129 g/mol. The zero-order chi connectivity index (χ0) is 6.78. The van der Waals surface area contributed by atoms with E-state index in [9.17, 15) is 17.6 Å². The van der Waals surface area contributed by atoms with E-state index >= 15 is 0 Å². The largest absolute Gasteiger partial charge is 0.378 e. The van der Waals surface area contributed by atoms with Crippen molar-refractivity contribution in [1.82, 2.24) is 0 Å². The van der Waals surface area contributed by atoms with Gasteiger partial charge in [0.2, 0.25) is 0 Å². The first-order chi connectivity index (χ1) is 3.50. The van der Waals surface area contributed by atoms with E-state index in [4.69, 9.17) is 0 Å². The molecule has 0 saturated heterocycles. The molecule has 0 aromatic rings. The summed E-state index contributed by atoms with van der Waals surface area (Å²) in [5.74, 6) is -3.88. The van der Waals surface area contributed by atoms with Gasteiger partial charge in [-0.25, -0.2) is 0 Å². The Bertz CT molecular complexity index is 68.4. The van der Waals surface area contributed by atoms with Gasteiger partial charge in [-0.1, -0.05) is 6.92 Å². The second kappa shape index (κ2) is 2.33. The zero-order valence-corrected chi connectivity index (χ0v) is 4.22. The summed E-state index contributed by atoms with van der Waals surface area (Å²) in [5, 5.41) is 0. The Morgan fingerprint density at radius 3 is 1.75 bits per heavy atom. The highest BCUT2D eigenvalue weighted by Crippen LogP contribution is 2.31. The van der Waals surface area contributed by atoms with E-state index in [1.807, 2.05) is 0 Å². The van der Waals surface area contributed by atoms with Crippen LogP contribution in [0.3, 0.4) is 0 Å². The van der Waals surface area contributed by atoms with E-state index < -0.39 is 18.8 Å². The van der Waals surface area contributed by atoms with Gasteiger partial charge in [0.1, 0.15) is 0 Å². The fourth-order valence-corrected chi connectivity index (χ4v) is 0.134. The lowest BCUT2D eigenvalue weighted by Crippen LogP contribution is -2.18. The van der Waals surface area contributed by atoms with Crippen molar-refractivity contribution in [3.63, 3.8) is 0 Å². The molecule has 0 spiro atoms. The molecule has 0 bridgehead atoms. The molecule has 1 radical (unpaired) electrons. The summed E-state index contributed by atoms with van der Waals surface area (Å²) >= 11 is 0. The van der Waals surface area contributed by atoms with E-state index in [-0.39, 0.29) is 0 Å². The Morgan fingerprint density at radius 2 is 1.75 bits per heavy atom. The van der Waals surface area contributed by atoms with Gasteiger partial charge in [0, 0.05) is 6.42 Å². The van der Waals surface area contributed by atoms with E-state index in [0.29, 0.717) is 0 Å². The van der Waals surface area contributed by atoms with Crippen LogP contribution < -0.4 is 0 Å². The van der Waals surface area contributed by atoms with Gasteiger partial charge >= 0.3 is 12.3 Å². The molecule has 0 aromatic heterocycles. The minimum Gasteiger partial charge on any atom is -0.200 e. The molecular weight excluding hydrogens is 124 g/mol. The van der Waals surface area contributed by atoms with E-state index in [0.717, 1.165) is 6.92 Å². The molecule has 0 rings (SSSR count). The van der Waals surface area contributed by atoms with Crippen LogP contribution in [0, 0.1) is 6.43 Å². The lowest BCUT2D eigenvalue weighted by Gasteiger charge is -2.08. The smallest absolute Gasteiger partial charge is 0.200 e. The van der Waals surface area contributed by atoms with Gasteiger partial charge in [-0.05, 0) is 0 Å². The van der Waals surface area contributed by atoms with Crippen molar-refractivity contribution in [2.75, 3.05) is 0 Å². The third-order valence-electron chi connectivity index (χ3n) is 0.721. The highest BCUT2D eigenvalue weighted by molar-refractivity contribution is 4.80. The summed E-state index contributed by atoms with van der Waals surface area (Å²) in [4.78, 5) is 0. The van der Waals surface area contributed by atoms with Crippen LogP contribution in [0.15, 0.2) is 0 Å². The van der Waals surface area contributed by atoms with Crippen molar-refractivity contribution < 1.29 is 17.6 Å². The van der Waals surface area contributed by atoms with Crippen LogP contribution in [0.4, 0.5) is 17.6 Å². The molecule has 0 heterocycles. The second-order valence-corrected chi connectivity index (χ2v) is 1.32. The van der Waals surface area contributed by atoms with E-state index in [2.05, 4.69) is 0 Å². The molecule has 4 heteroatoms. The van der Waals surface area contributed by atoms with Crippen LogP contribution in [-0.4, -0.2) is 5.92 Å². The Hall–Kier alpha value is -0.280. The molecule has 0 unspecified atom stereocenters. The minimum atomic E-state index is -3.88. The molecule has 0 N–H and O–H groups in total. The number of halogens is 4. The first-order valence-corrected chi connectivity index (χ1v) is 2.07. The molecule has 49 valence electrons. The van der Waals surface area contributed by atoms with Crippen LogP contribution >= 0.6 is 0 Å². The maximum Gasteiger partial charge on any atom is 0.378 e. The van der Waals surface area contributed by atoms with Crippen molar-refractivity contribution in [3.05, 3.63) is 6.43 Å². The molecule has 0 fully saturated rings. The molecule has 8 heavy (non-hydrogen) atoms. The average molecular weight is 129 g/mol. The first-order valence-electron chi connectivity index (χ1n) is 2.07. The van der Waals surface area contributed by atoms with Gasteiger partial charge in [-0.2, -0.15) is 17.6 Å². The van der Waals surface area contributed by atoms with Crippen LogP contribution in [-0.2, 0) is 0 Å². The standard InChI is InChI=1S/C4H5F4/c1-2-4(7,8)3(5)6/h2H2,1H3. The lowest BCUT2D eigenvalue weighted by molar-refractivity contribution is -0.0618. The van der Waals surface area contributed by atoms with Crippen molar-refractivity contribution >= 4 is 0 Å². The van der Waals surface area contributed by atoms with Crippen LogP contribution in [0.25, 0.3) is 0 Å². The van der Waals surface area contributed by atoms with Gasteiger partial charge < -0.3 is 0 Å². The minimum absolute atomic E-state index is 0.838. The molecule has 0 amide bonds. The van der Waals surface area contributed by atoms with Gasteiger partial charge in [-0.15, -0.1) is 0 Å². The van der Waals surface area contributed by atoms with Crippen molar-refractivity contribution in [3.8, 4) is 0 Å². The summed E-state index contributed by atoms with van der Waals surface area (Å²) in [6.45, 7) is 0.999. The summed E-state index contributed by atoms with van der Waals surface area (Å²) in [6, 6.07) is 0. The quantitative estimate of drug-likeness (QED) is 0.502. The molecule has 0 aromatic carbocycles. The third-order valence-corrected chi connectivity index (χ3v) is 0.721. The van der Waals surface area contributed by atoms with Gasteiger partial charge in [0.15, 0.2) is 0 Å². The van der Waals surface area contributed by atoms with Gasteiger partial charge in [0.05, 0.1) is 0 Å². The predicted molar refractivity (Wildman–Crippen MR) is 20.7 cm³/mol. The summed E-state index contributed by atoms with van der Waals surface area (Å²) in [6.07, 6.45) is -3.64. The molecule has 0 aliphatic heterocycles. The first kappa shape index (κ1) is 7.72. The highest BCUT2D eigenvalue weighted by Gasteiger charge is 2.40. The maximum absolute atomic E-state index is 11.5. The van der Waals surface area contributed by atoms with Crippen LogP contribution in [0.2, 0.25) is 0 Å². The Morgan fingerprint density at radius 1 is 1.38 bits per heavy atom. The van der Waals surface area contributed by atoms with Crippen LogP contribution in [0.5, 0.6) is 0 Å². The summed E-state index contributed by atoms with van der Waals surface area (Å²) < 4.78 is 44.9. The number of hydrogen-bond donors (Lipinski definition) is 0. The molecule has 0 aliphatic rings. The molecule has 0 atom stereocenters. The maximum atomic E-state index is 11.5. The van der Waals surface area contributed by atoms with Crippen molar-refractivity contribution in [2.45, 2.75) is 19.3 Å². The highest BCUT2D eigenvalue weighted by atomic mass is 19.3. The number of rotatable bonds is 2. The Kier molecular flexibility index (Phi) is 2.25. The summed E-state index contributed by atoms with van der Waals surface area (Å²) in [7, 11) is 0. The Labute approximate surface area is 44.5 Å². The van der Waals surface area contributed by atoms with E-state index in [1.165, 1.54) is 0 Å². The number of alkyl halides is 2. The zero-order valence-electron chi connectivity index (χ0n) is 4.22. The lowest BCUT2D eigenvalue weighted by atomic mass is 10.3. The normalized spacial score (nSPS) is 12.8. The van der Waals surface area contributed by atoms with Crippen molar-refractivity contribution in [2.24, 2.45) is 0 Å². The molecule has 0 nitrogen and oxygen atoms in total. The number of hydrogen-bond acceptors (Lipinski definition) is 0. The fraction of sp³-hybridized carbons (Fsp3) is 0.750. The molecular formula is C4H5F4. The summed E-state index contributed by atoms with van der Waals surface area (Å²) in [5.41, 5.74) is 0. The Balaban J connectivity index is 3.71. The van der Waals surface area contributed by atoms with Gasteiger partial charge in [-0.3, -0.25) is 0 Å². The second-order valence-electron chi connectivity index (χ2n) is 1.32. The third kappa shape index (κ3) is 1.68. The molecule has 0 aliphatic carbocycles. The molecule has 0 saturated carbocycles. The SMILES string of the molecule is CCC(F)(F)[C](F)F. The average Bonchev–Trinajstić information content (AvgIpc) is 1.67.